The van der Waals surface area contributed by atoms with E-state index < -0.39 is 0 Å². The molecule has 0 spiro atoms. The Morgan fingerprint density at radius 2 is 1.92 bits per heavy atom. The largest absolute Gasteiger partial charge is 0.360 e. The molecular formula is C19H25ClN4O. The summed E-state index contributed by atoms with van der Waals surface area (Å²) in [4.78, 5) is 23.4. The van der Waals surface area contributed by atoms with Crippen LogP contribution in [0.4, 0.5) is 11.5 Å². The first-order chi connectivity index (χ1) is 11.8. The van der Waals surface area contributed by atoms with E-state index in [1.54, 1.807) is 13.0 Å². The van der Waals surface area contributed by atoms with E-state index in [9.17, 15) is 4.79 Å². The Morgan fingerprint density at radius 3 is 2.56 bits per heavy atom. The van der Waals surface area contributed by atoms with E-state index in [1.807, 2.05) is 37.9 Å². The van der Waals surface area contributed by atoms with Gasteiger partial charge in [-0.1, -0.05) is 31.0 Å². The molecule has 25 heavy (non-hydrogen) atoms. The zero-order valence-corrected chi connectivity index (χ0v) is 16.2. The van der Waals surface area contributed by atoms with Crippen LogP contribution in [0.3, 0.4) is 0 Å². The number of nitrogens with zero attached hydrogens (tertiary/aromatic N) is 3. The fraction of sp³-hybridized carbons (Fsp3) is 0.421. The molecule has 0 bridgehead atoms. The molecule has 0 radical (unpaired) electrons. The Hall–Kier alpha value is -2.14. The normalized spacial score (nSPS) is 10.6. The third kappa shape index (κ3) is 4.92. The first-order valence-corrected chi connectivity index (χ1v) is 8.84. The minimum atomic E-state index is -0.288. The van der Waals surface area contributed by atoms with Gasteiger partial charge in [0.05, 0.1) is 10.7 Å². The highest BCUT2D eigenvalue weighted by Crippen LogP contribution is 2.27. The van der Waals surface area contributed by atoms with Gasteiger partial charge in [0.1, 0.15) is 17.3 Å². The lowest BCUT2D eigenvalue weighted by molar-refractivity contribution is 0.102. The van der Waals surface area contributed by atoms with Crippen LogP contribution < -0.4 is 10.2 Å². The van der Waals surface area contributed by atoms with Crippen molar-refractivity contribution in [3.8, 4) is 0 Å². The molecule has 0 aliphatic heterocycles. The van der Waals surface area contributed by atoms with E-state index >= 15 is 0 Å². The van der Waals surface area contributed by atoms with E-state index in [4.69, 9.17) is 11.6 Å². The van der Waals surface area contributed by atoms with Crippen LogP contribution >= 0.6 is 11.6 Å². The molecule has 0 fully saturated rings. The Balaban J connectivity index is 2.26. The number of hydrogen-bond acceptors (Lipinski definition) is 4. The lowest BCUT2D eigenvalue weighted by Gasteiger charge is -2.19. The molecule has 0 aliphatic rings. The maximum atomic E-state index is 12.7. The van der Waals surface area contributed by atoms with Crippen molar-refractivity contribution in [1.82, 2.24) is 9.97 Å². The second-order valence-electron chi connectivity index (χ2n) is 6.33. The Morgan fingerprint density at radius 1 is 1.20 bits per heavy atom. The summed E-state index contributed by atoms with van der Waals surface area (Å²) >= 11 is 6.28. The van der Waals surface area contributed by atoms with Gasteiger partial charge in [-0.2, -0.15) is 0 Å². The van der Waals surface area contributed by atoms with E-state index in [1.165, 1.54) is 0 Å². The lowest BCUT2D eigenvalue weighted by Crippen LogP contribution is -2.22. The minimum Gasteiger partial charge on any atom is -0.360 e. The molecule has 5 nitrogen and oxygen atoms in total. The number of carbonyl (C=O) groups is 1. The summed E-state index contributed by atoms with van der Waals surface area (Å²) in [7, 11) is 1.97. The van der Waals surface area contributed by atoms with Crippen LogP contribution in [0.5, 0.6) is 0 Å². The van der Waals surface area contributed by atoms with Crippen molar-refractivity contribution in [3.05, 3.63) is 45.9 Å². The number of aryl methyl sites for hydroxylation is 3. The topological polar surface area (TPSA) is 58.1 Å². The van der Waals surface area contributed by atoms with Crippen LogP contribution in [0.1, 0.15) is 47.2 Å². The molecule has 0 saturated carbocycles. The number of rotatable bonds is 6. The van der Waals surface area contributed by atoms with Crippen LogP contribution in [-0.2, 0) is 0 Å². The maximum absolute atomic E-state index is 12.7. The SMILES string of the molecule is CCCCN(C)c1cc(C(=O)Nc2c(C)cc(C)cc2Cl)nc(C)n1. The van der Waals surface area contributed by atoms with Gasteiger partial charge in [-0.25, -0.2) is 9.97 Å². The molecule has 2 rings (SSSR count). The van der Waals surface area contributed by atoms with Crippen molar-refractivity contribution >= 4 is 29.0 Å². The van der Waals surface area contributed by atoms with Crippen LogP contribution in [-0.4, -0.2) is 29.5 Å². The van der Waals surface area contributed by atoms with Gasteiger partial charge in [0.15, 0.2) is 0 Å². The predicted octanol–water partition coefficient (Wildman–Crippen LogP) is 4.54. The molecule has 1 aromatic carbocycles. The van der Waals surface area contributed by atoms with Gasteiger partial charge in [0.2, 0.25) is 0 Å². The van der Waals surface area contributed by atoms with Crippen LogP contribution in [0.25, 0.3) is 0 Å². The number of nitrogens with one attached hydrogen (secondary N) is 1. The first kappa shape index (κ1) is 19.2. The molecule has 2 aromatic rings. The quantitative estimate of drug-likeness (QED) is 0.821. The maximum Gasteiger partial charge on any atom is 0.274 e. The van der Waals surface area contributed by atoms with Gasteiger partial charge in [-0.05, 0) is 44.4 Å². The average Bonchev–Trinajstić information content (AvgIpc) is 2.55. The minimum absolute atomic E-state index is 0.288. The zero-order valence-electron chi connectivity index (χ0n) is 15.5. The number of halogens is 1. The second kappa shape index (κ2) is 8.30. The van der Waals surface area contributed by atoms with Crippen LogP contribution in [0, 0.1) is 20.8 Å². The summed E-state index contributed by atoms with van der Waals surface area (Å²) in [6.45, 7) is 8.71. The van der Waals surface area contributed by atoms with E-state index in [0.29, 0.717) is 22.2 Å². The monoisotopic (exact) mass is 360 g/mol. The van der Waals surface area contributed by atoms with E-state index in [2.05, 4.69) is 22.2 Å². The molecule has 0 saturated heterocycles. The van der Waals surface area contributed by atoms with Gasteiger partial charge in [-0.15, -0.1) is 0 Å². The molecule has 0 aliphatic carbocycles. The lowest BCUT2D eigenvalue weighted by atomic mass is 10.1. The molecule has 0 atom stereocenters. The number of unbranched alkanes of at least 4 members (excludes halogenated alkanes) is 1. The average molecular weight is 361 g/mol. The molecule has 6 heteroatoms. The first-order valence-electron chi connectivity index (χ1n) is 8.46. The van der Waals surface area contributed by atoms with Crippen LogP contribution in [0.2, 0.25) is 5.02 Å². The number of benzene rings is 1. The van der Waals surface area contributed by atoms with Crippen molar-refractivity contribution in [1.29, 1.82) is 0 Å². The molecule has 1 aromatic heterocycles. The number of amides is 1. The van der Waals surface area contributed by atoms with Gasteiger partial charge in [-0.3, -0.25) is 4.79 Å². The summed E-state index contributed by atoms with van der Waals surface area (Å²) in [5.74, 6) is 1.03. The fourth-order valence-electron chi connectivity index (χ4n) is 2.63. The summed E-state index contributed by atoms with van der Waals surface area (Å²) in [6, 6.07) is 5.53. The van der Waals surface area contributed by atoms with Gasteiger partial charge < -0.3 is 10.2 Å². The molecular weight excluding hydrogens is 336 g/mol. The van der Waals surface area contributed by atoms with E-state index in [0.717, 1.165) is 36.3 Å². The highest BCUT2D eigenvalue weighted by atomic mass is 35.5. The van der Waals surface area contributed by atoms with Crippen molar-refractivity contribution < 1.29 is 4.79 Å². The van der Waals surface area contributed by atoms with Gasteiger partial charge >= 0.3 is 0 Å². The number of anilines is 2. The van der Waals surface area contributed by atoms with Gasteiger partial charge in [0, 0.05) is 19.7 Å². The Labute approximate surface area is 154 Å². The van der Waals surface area contributed by atoms with Crippen LogP contribution in [0.15, 0.2) is 18.2 Å². The molecule has 1 N–H and O–H groups in total. The highest BCUT2D eigenvalue weighted by molar-refractivity contribution is 6.34. The van der Waals surface area contributed by atoms with Crippen molar-refractivity contribution in [2.24, 2.45) is 0 Å². The Bertz CT molecular complexity index is 753. The summed E-state index contributed by atoms with van der Waals surface area (Å²) in [5.41, 5.74) is 2.93. The smallest absolute Gasteiger partial charge is 0.274 e. The van der Waals surface area contributed by atoms with Gasteiger partial charge in [0.25, 0.3) is 5.91 Å². The van der Waals surface area contributed by atoms with E-state index in [-0.39, 0.29) is 5.91 Å². The van der Waals surface area contributed by atoms with Crippen molar-refractivity contribution in [3.63, 3.8) is 0 Å². The number of aromatic nitrogens is 2. The standard InChI is InChI=1S/C19H25ClN4O/c1-6-7-8-24(5)17-11-16(21-14(4)22-17)19(25)23-18-13(3)9-12(2)10-15(18)20/h9-11H,6-8H2,1-5H3,(H,23,25). The third-order valence-electron chi connectivity index (χ3n) is 3.97. The molecule has 1 amide bonds. The summed E-state index contributed by atoms with van der Waals surface area (Å²) < 4.78 is 0. The predicted molar refractivity (Wildman–Crippen MR) is 104 cm³/mol. The fourth-order valence-corrected chi connectivity index (χ4v) is 2.99. The highest BCUT2D eigenvalue weighted by Gasteiger charge is 2.15. The third-order valence-corrected chi connectivity index (χ3v) is 4.26. The molecule has 1 heterocycles. The van der Waals surface area contributed by atoms with Crippen molar-refractivity contribution in [2.75, 3.05) is 23.8 Å². The molecule has 134 valence electrons. The Kier molecular flexibility index (Phi) is 6.37. The molecule has 0 unspecified atom stereocenters. The second-order valence-corrected chi connectivity index (χ2v) is 6.73. The number of hydrogen-bond donors (Lipinski definition) is 1. The number of carbonyl (C=O) groups excluding carboxylic acids is 1. The summed E-state index contributed by atoms with van der Waals surface area (Å²) in [6.07, 6.45) is 2.17. The van der Waals surface area contributed by atoms with Crippen molar-refractivity contribution in [2.45, 2.75) is 40.5 Å². The zero-order chi connectivity index (χ0) is 18.6. The summed E-state index contributed by atoms with van der Waals surface area (Å²) in [5, 5.41) is 3.40.